The fourth-order valence-electron chi connectivity index (χ4n) is 1.26. The molecule has 0 aromatic rings. The van der Waals surface area contributed by atoms with Crippen molar-refractivity contribution in [3.05, 3.63) is 12.7 Å². The van der Waals surface area contributed by atoms with Gasteiger partial charge in [-0.3, -0.25) is 0 Å². The maximum Gasteiger partial charge on any atom is 0.134 e. The summed E-state index contributed by atoms with van der Waals surface area (Å²) in [7, 11) is 0. The van der Waals surface area contributed by atoms with Gasteiger partial charge in [0, 0.05) is 6.42 Å². The molecule has 1 aliphatic rings. The maximum absolute atomic E-state index is 9.01. The molecule has 0 bridgehead atoms. The molecule has 0 radical (unpaired) electrons. The Morgan fingerprint density at radius 2 is 2.27 bits per heavy atom. The van der Waals surface area contributed by atoms with Crippen LogP contribution in [0.5, 0.6) is 0 Å². The van der Waals surface area contributed by atoms with E-state index in [0.29, 0.717) is 12.2 Å². The Labute approximate surface area is 91.3 Å². The van der Waals surface area contributed by atoms with Crippen molar-refractivity contribution in [2.45, 2.75) is 44.5 Å². The lowest BCUT2D eigenvalue weighted by molar-refractivity contribution is 0.281. The van der Waals surface area contributed by atoms with Crippen molar-refractivity contribution in [1.29, 1.82) is 0 Å². The molecule has 15 heavy (non-hydrogen) atoms. The summed E-state index contributed by atoms with van der Waals surface area (Å²) in [6.07, 6.45) is 4.33. The molecule has 1 aliphatic heterocycles. The minimum absolute atomic E-state index is 0.309. The van der Waals surface area contributed by atoms with Gasteiger partial charge in [-0.1, -0.05) is 37.8 Å². The third-order valence-electron chi connectivity index (χ3n) is 2.16. The van der Waals surface area contributed by atoms with Crippen LogP contribution in [-0.4, -0.2) is 23.4 Å². The molecule has 0 amide bonds. The Kier molecular flexibility index (Phi) is 4.98. The second-order valence-corrected chi connectivity index (χ2v) is 3.46. The van der Waals surface area contributed by atoms with E-state index in [1.807, 2.05) is 0 Å². The van der Waals surface area contributed by atoms with Crippen LogP contribution in [0, 0.1) is 23.7 Å². The molecular formula is C13H16O2. The van der Waals surface area contributed by atoms with Crippen LogP contribution in [0.3, 0.4) is 0 Å². The van der Waals surface area contributed by atoms with E-state index in [4.69, 9.17) is 9.84 Å². The van der Waals surface area contributed by atoms with Crippen LogP contribution >= 0.6 is 0 Å². The van der Waals surface area contributed by atoms with Crippen molar-refractivity contribution in [2.24, 2.45) is 0 Å². The van der Waals surface area contributed by atoms with Crippen LogP contribution in [0.2, 0.25) is 0 Å². The number of rotatable bonds is 4. The second kappa shape index (κ2) is 6.30. The Balaban J connectivity index is 2.17. The van der Waals surface area contributed by atoms with E-state index in [9.17, 15) is 0 Å². The summed E-state index contributed by atoms with van der Waals surface area (Å²) in [5, 5.41) is 9.01. The number of hydrogen-bond donors (Lipinski definition) is 1. The molecule has 1 fully saturated rings. The van der Waals surface area contributed by atoms with E-state index >= 15 is 0 Å². The monoisotopic (exact) mass is 204 g/mol. The standard InChI is InChI=1S/C13H16O2/c1-3-8-12-13(15-12)10-7-5-6-9-11(14)4-2/h4,11-14H,2-3,8,10H2,1H3/t11?,12-,13+/m0/s1. The van der Waals surface area contributed by atoms with Crippen LogP contribution < -0.4 is 0 Å². The normalized spacial score (nSPS) is 24.1. The highest BCUT2D eigenvalue weighted by molar-refractivity contribution is 5.29. The maximum atomic E-state index is 9.01. The summed E-state index contributed by atoms with van der Waals surface area (Å²) in [6, 6.07) is 0. The molecule has 2 nitrogen and oxygen atoms in total. The fraction of sp³-hybridized carbons (Fsp3) is 0.538. The Bertz CT molecular complexity index is 324. The van der Waals surface area contributed by atoms with Crippen LogP contribution in [0.1, 0.15) is 26.2 Å². The first-order valence-corrected chi connectivity index (χ1v) is 5.22. The average Bonchev–Trinajstić information content (AvgIpc) is 2.96. The first kappa shape index (κ1) is 11.9. The molecule has 1 rings (SSSR count). The van der Waals surface area contributed by atoms with E-state index in [0.717, 1.165) is 19.3 Å². The zero-order valence-electron chi connectivity index (χ0n) is 8.99. The number of epoxide rings is 1. The van der Waals surface area contributed by atoms with Crippen LogP contribution in [0.4, 0.5) is 0 Å². The van der Waals surface area contributed by atoms with E-state index in [2.05, 4.69) is 37.2 Å². The van der Waals surface area contributed by atoms with Gasteiger partial charge in [-0.05, 0) is 18.3 Å². The van der Waals surface area contributed by atoms with Crippen molar-refractivity contribution in [3.8, 4) is 23.7 Å². The third kappa shape index (κ3) is 4.70. The molecule has 1 N–H and O–H groups in total. The molecule has 3 atom stereocenters. The van der Waals surface area contributed by atoms with E-state index < -0.39 is 6.10 Å². The SMILES string of the molecule is C=CC(O)C#CC#CC[C@H]1O[C@H]1CCC. The van der Waals surface area contributed by atoms with Gasteiger partial charge in [0.1, 0.15) is 6.10 Å². The third-order valence-corrected chi connectivity index (χ3v) is 2.16. The summed E-state index contributed by atoms with van der Waals surface area (Å²) in [5.41, 5.74) is 0. The molecule has 2 heteroatoms. The van der Waals surface area contributed by atoms with Gasteiger partial charge in [-0.2, -0.15) is 0 Å². The fourth-order valence-corrected chi connectivity index (χ4v) is 1.26. The molecule has 1 heterocycles. The lowest BCUT2D eigenvalue weighted by Crippen LogP contribution is -1.94. The number of aliphatic hydroxyl groups excluding tert-OH is 1. The van der Waals surface area contributed by atoms with E-state index in [1.165, 1.54) is 6.08 Å². The number of aliphatic hydroxyl groups is 1. The second-order valence-electron chi connectivity index (χ2n) is 3.46. The highest BCUT2D eigenvalue weighted by atomic mass is 16.6. The lowest BCUT2D eigenvalue weighted by Gasteiger charge is -1.86. The molecule has 0 aromatic carbocycles. The smallest absolute Gasteiger partial charge is 0.134 e. The highest BCUT2D eigenvalue weighted by Gasteiger charge is 2.36. The summed E-state index contributed by atoms with van der Waals surface area (Å²) in [6.45, 7) is 5.55. The first-order chi connectivity index (χ1) is 7.27. The van der Waals surface area contributed by atoms with Gasteiger partial charge in [-0.15, -0.1) is 0 Å². The largest absolute Gasteiger partial charge is 0.377 e. The molecular weight excluding hydrogens is 188 g/mol. The van der Waals surface area contributed by atoms with Crippen molar-refractivity contribution < 1.29 is 9.84 Å². The zero-order valence-corrected chi connectivity index (χ0v) is 8.99. The predicted molar refractivity (Wildman–Crippen MR) is 59.9 cm³/mol. The Morgan fingerprint density at radius 3 is 2.93 bits per heavy atom. The quantitative estimate of drug-likeness (QED) is 0.427. The minimum atomic E-state index is -0.774. The molecule has 1 saturated heterocycles. The van der Waals surface area contributed by atoms with Crippen LogP contribution in [0.15, 0.2) is 12.7 Å². The van der Waals surface area contributed by atoms with Crippen molar-refractivity contribution >= 4 is 0 Å². The highest BCUT2D eigenvalue weighted by Crippen LogP contribution is 2.28. The number of hydrogen-bond acceptors (Lipinski definition) is 2. The van der Waals surface area contributed by atoms with Crippen LogP contribution in [-0.2, 0) is 4.74 Å². The summed E-state index contributed by atoms with van der Waals surface area (Å²) >= 11 is 0. The van der Waals surface area contributed by atoms with Crippen molar-refractivity contribution in [1.82, 2.24) is 0 Å². The topological polar surface area (TPSA) is 32.8 Å². The van der Waals surface area contributed by atoms with Gasteiger partial charge in [0.05, 0.1) is 12.2 Å². The zero-order chi connectivity index (χ0) is 11.1. The lowest BCUT2D eigenvalue weighted by atomic mass is 10.2. The van der Waals surface area contributed by atoms with Gasteiger partial charge in [0.2, 0.25) is 0 Å². The van der Waals surface area contributed by atoms with Gasteiger partial charge in [0.15, 0.2) is 0 Å². The van der Waals surface area contributed by atoms with Gasteiger partial charge >= 0.3 is 0 Å². The van der Waals surface area contributed by atoms with Crippen LogP contribution in [0.25, 0.3) is 0 Å². The molecule has 80 valence electrons. The van der Waals surface area contributed by atoms with E-state index in [-0.39, 0.29) is 0 Å². The Hall–Kier alpha value is -1.22. The van der Waals surface area contributed by atoms with Gasteiger partial charge in [-0.25, -0.2) is 0 Å². The predicted octanol–water partition coefficient (Wildman–Crippen LogP) is 1.50. The average molecular weight is 204 g/mol. The number of ether oxygens (including phenoxy) is 1. The molecule has 0 saturated carbocycles. The van der Waals surface area contributed by atoms with Crippen molar-refractivity contribution in [3.63, 3.8) is 0 Å². The van der Waals surface area contributed by atoms with Gasteiger partial charge < -0.3 is 9.84 Å². The van der Waals surface area contributed by atoms with Gasteiger partial charge in [0.25, 0.3) is 0 Å². The molecule has 0 spiro atoms. The minimum Gasteiger partial charge on any atom is -0.377 e. The summed E-state index contributed by atoms with van der Waals surface area (Å²) in [4.78, 5) is 0. The first-order valence-electron chi connectivity index (χ1n) is 5.22. The van der Waals surface area contributed by atoms with E-state index in [1.54, 1.807) is 0 Å². The Morgan fingerprint density at radius 1 is 1.47 bits per heavy atom. The van der Waals surface area contributed by atoms with Crippen molar-refractivity contribution in [2.75, 3.05) is 0 Å². The molecule has 0 aliphatic carbocycles. The summed E-state index contributed by atoms with van der Waals surface area (Å²) in [5.74, 6) is 10.7. The molecule has 0 aromatic heterocycles. The summed E-state index contributed by atoms with van der Waals surface area (Å²) < 4.78 is 5.39. The molecule has 1 unspecified atom stereocenters.